The molecule has 0 unspecified atom stereocenters. The van der Waals surface area contributed by atoms with Gasteiger partial charge in [0.2, 0.25) is 17.8 Å². The summed E-state index contributed by atoms with van der Waals surface area (Å²) in [6.07, 6.45) is 0. The molecule has 1 aromatic heterocycles. The first kappa shape index (κ1) is 16.5. The van der Waals surface area contributed by atoms with Gasteiger partial charge in [0.25, 0.3) is 0 Å². The van der Waals surface area contributed by atoms with Crippen LogP contribution < -0.4 is 15.1 Å². The first-order chi connectivity index (χ1) is 9.55. The van der Waals surface area contributed by atoms with E-state index in [1.54, 1.807) is 0 Å². The molecular formula is C14H28N6. The zero-order valence-corrected chi connectivity index (χ0v) is 13.6. The molecule has 0 radical (unpaired) electrons. The SMILES string of the molecule is CCN(CC)c1nc(NC)nc(N(CC)CC(C)C)n1. The molecule has 0 amide bonds. The predicted octanol–water partition coefficient (Wildman–Crippen LogP) is 2.24. The summed E-state index contributed by atoms with van der Waals surface area (Å²) in [5, 5.41) is 3.03. The Hall–Kier alpha value is -1.59. The van der Waals surface area contributed by atoms with Crippen molar-refractivity contribution in [3.63, 3.8) is 0 Å². The molecule has 0 aliphatic heterocycles. The van der Waals surface area contributed by atoms with Gasteiger partial charge in [-0.25, -0.2) is 0 Å². The van der Waals surface area contributed by atoms with E-state index in [4.69, 9.17) is 0 Å². The van der Waals surface area contributed by atoms with Crippen LogP contribution in [0, 0.1) is 5.92 Å². The highest BCUT2D eigenvalue weighted by Crippen LogP contribution is 2.17. The molecule has 0 saturated heterocycles. The minimum Gasteiger partial charge on any atom is -0.357 e. The largest absolute Gasteiger partial charge is 0.357 e. The minimum atomic E-state index is 0.571. The third-order valence-electron chi connectivity index (χ3n) is 3.13. The monoisotopic (exact) mass is 280 g/mol. The lowest BCUT2D eigenvalue weighted by Gasteiger charge is -2.25. The topological polar surface area (TPSA) is 57.2 Å². The van der Waals surface area contributed by atoms with Crippen molar-refractivity contribution in [3.05, 3.63) is 0 Å². The number of anilines is 3. The van der Waals surface area contributed by atoms with Gasteiger partial charge < -0.3 is 15.1 Å². The second-order valence-corrected chi connectivity index (χ2v) is 5.11. The highest BCUT2D eigenvalue weighted by atomic mass is 15.4. The van der Waals surface area contributed by atoms with E-state index in [9.17, 15) is 0 Å². The Morgan fingerprint density at radius 3 is 1.80 bits per heavy atom. The number of rotatable bonds is 8. The summed E-state index contributed by atoms with van der Waals surface area (Å²) >= 11 is 0. The molecule has 0 atom stereocenters. The summed E-state index contributed by atoms with van der Waals surface area (Å²) in [6.45, 7) is 14.4. The number of hydrogen-bond donors (Lipinski definition) is 1. The molecule has 20 heavy (non-hydrogen) atoms. The van der Waals surface area contributed by atoms with Gasteiger partial charge >= 0.3 is 0 Å². The van der Waals surface area contributed by atoms with Crippen LogP contribution in [0.15, 0.2) is 0 Å². The summed E-state index contributed by atoms with van der Waals surface area (Å²) in [6, 6.07) is 0. The summed E-state index contributed by atoms with van der Waals surface area (Å²) in [4.78, 5) is 17.9. The number of hydrogen-bond acceptors (Lipinski definition) is 6. The van der Waals surface area contributed by atoms with E-state index in [1.165, 1.54) is 0 Å². The molecule has 0 aliphatic rings. The summed E-state index contributed by atoms with van der Waals surface area (Å²) in [7, 11) is 1.84. The van der Waals surface area contributed by atoms with Crippen LogP contribution in [0.2, 0.25) is 0 Å². The highest BCUT2D eigenvalue weighted by Gasteiger charge is 2.15. The molecular weight excluding hydrogens is 252 g/mol. The standard InChI is InChI=1S/C14H28N6/c1-7-19(8-2)13-16-12(15-6)17-14(18-13)20(9-3)10-11(4)5/h11H,7-10H2,1-6H3,(H,15,16,17,18). The maximum Gasteiger partial charge on any atom is 0.231 e. The van der Waals surface area contributed by atoms with Crippen LogP contribution in [0.25, 0.3) is 0 Å². The van der Waals surface area contributed by atoms with E-state index in [0.29, 0.717) is 11.9 Å². The van der Waals surface area contributed by atoms with E-state index < -0.39 is 0 Å². The second-order valence-electron chi connectivity index (χ2n) is 5.11. The van der Waals surface area contributed by atoms with Gasteiger partial charge in [-0.1, -0.05) is 13.8 Å². The van der Waals surface area contributed by atoms with Crippen LogP contribution >= 0.6 is 0 Å². The van der Waals surface area contributed by atoms with E-state index in [-0.39, 0.29) is 0 Å². The Kier molecular flexibility index (Phi) is 6.48. The van der Waals surface area contributed by atoms with Crippen LogP contribution in [0.1, 0.15) is 34.6 Å². The minimum absolute atomic E-state index is 0.571. The molecule has 1 rings (SSSR count). The van der Waals surface area contributed by atoms with Crippen molar-refractivity contribution in [2.45, 2.75) is 34.6 Å². The van der Waals surface area contributed by atoms with Crippen LogP contribution in [0.4, 0.5) is 17.8 Å². The maximum absolute atomic E-state index is 4.64. The van der Waals surface area contributed by atoms with Crippen molar-refractivity contribution >= 4 is 17.8 Å². The Labute approximate surface area is 122 Å². The van der Waals surface area contributed by atoms with E-state index in [0.717, 1.165) is 38.1 Å². The van der Waals surface area contributed by atoms with Crippen molar-refractivity contribution in [1.82, 2.24) is 15.0 Å². The number of nitrogens with one attached hydrogen (secondary N) is 1. The lowest BCUT2D eigenvalue weighted by Crippen LogP contribution is -2.31. The van der Waals surface area contributed by atoms with Gasteiger partial charge in [-0.15, -0.1) is 0 Å². The molecule has 0 aromatic carbocycles. The molecule has 6 nitrogen and oxygen atoms in total. The van der Waals surface area contributed by atoms with E-state index >= 15 is 0 Å². The lowest BCUT2D eigenvalue weighted by molar-refractivity contribution is 0.607. The molecule has 1 aromatic rings. The summed E-state index contributed by atoms with van der Waals surface area (Å²) in [5.41, 5.74) is 0. The zero-order valence-electron chi connectivity index (χ0n) is 13.6. The molecule has 114 valence electrons. The Morgan fingerprint density at radius 2 is 1.40 bits per heavy atom. The lowest BCUT2D eigenvalue weighted by atomic mass is 10.2. The van der Waals surface area contributed by atoms with Gasteiger partial charge in [0.05, 0.1) is 0 Å². The molecule has 6 heteroatoms. The van der Waals surface area contributed by atoms with Gasteiger partial charge in [-0.05, 0) is 26.7 Å². The van der Waals surface area contributed by atoms with Crippen molar-refractivity contribution in [2.24, 2.45) is 5.92 Å². The van der Waals surface area contributed by atoms with Crippen LogP contribution in [-0.4, -0.2) is 48.2 Å². The molecule has 0 saturated carbocycles. The zero-order chi connectivity index (χ0) is 15.1. The van der Waals surface area contributed by atoms with Gasteiger partial charge in [0, 0.05) is 33.2 Å². The average molecular weight is 280 g/mol. The smallest absolute Gasteiger partial charge is 0.231 e. The van der Waals surface area contributed by atoms with Crippen LogP contribution in [-0.2, 0) is 0 Å². The highest BCUT2D eigenvalue weighted by molar-refractivity contribution is 5.44. The normalized spacial score (nSPS) is 10.8. The van der Waals surface area contributed by atoms with Gasteiger partial charge in [-0.2, -0.15) is 15.0 Å². The maximum atomic E-state index is 4.64. The fourth-order valence-electron chi connectivity index (χ4n) is 2.05. The van der Waals surface area contributed by atoms with E-state index in [1.807, 2.05) is 7.05 Å². The predicted molar refractivity (Wildman–Crippen MR) is 85.7 cm³/mol. The third kappa shape index (κ3) is 4.21. The Balaban J connectivity index is 3.14. The van der Waals surface area contributed by atoms with Crippen molar-refractivity contribution in [3.8, 4) is 0 Å². The molecule has 1 N–H and O–H groups in total. The first-order valence-corrected chi connectivity index (χ1v) is 7.49. The van der Waals surface area contributed by atoms with Crippen molar-refractivity contribution < 1.29 is 0 Å². The summed E-state index contributed by atoms with van der Waals surface area (Å²) < 4.78 is 0. The van der Waals surface area contributed by atoms with Crippen molar-refractivity contribution in [1.29, 1.82) is 0 Å². The van der Waals surface area contributed by atoms with Gasteiger partial charge in [0.1, 0.15) is 0 Å². The average Bonchev–Trinajstić information content (AvgIpc) is 2.45. The van der Waals surface area contributed by atoms with Crippen molar-refractivity contribution in [2.75, 3.05) is 48.3 Å². The summed E-state index contributed by atoms with van der Waals surface area (Å²) in [5.74, 6) is 2.69. The fourth-order valence-corrected chi connectivity index (χ4v) is 2.05. The van der Waals surface area contributed by atoms with E-state index in [2.05, 4.69) is 64.7 Å². The Bertz CT molecular complexity index is 403. The molecule has 0 aliphatic carbocycles. The molecule has 0 fully saturated rings. The second kappa shape index (κ2) is 7.87. The molecule has 0 spiro atoms. The van der Waals surface area contributed by atoms with Crippen LogP contribution in [0.3, 0.4) is 0 Å². The molecule has 1 heterocycles. The number of nitrogens with zero attached hydrogens (tertiary/aromatic N) is 5. The van der Waals surface area contributed by atoms with Crippen LogP contribution in [0.5, 0.6) is 0 Å². The first-order valence-electron chi connectivity index (χ1n) is 7.49. The quantitative estimate of drug-likeness (QED) is 0.788. The fraction of sp³-hybridized carbons (Fsp3) is 0.786. The molecule has 0 bridgehead atoms. The van der Waals surface area contributed by atoms with Gasteiger partial charge in [-0.3, -0.25) is 0 Å². The van der Waals surface area contributed by atoms with Gasteiger partial charge in [0.15, 0.2) is 0 Å². The third-order valence-corrected chi connectivity index (χ3v) is 3.13. The Morgan fingerprint density at radius 1 is 0.900 bits per heavy atom. The number of aromatic nitrogens is 3.